The third-order valence-corrected chi connectivity index (χ3v) is 1.95. The van der Waals surface area contributed by atoms with Gasteiger partial charge in [0, 0.05) is 12.6 Å². The lowest BCUT2D eigenvalue weighted by molar-refractivity contribution is -0.275. The van der Waals surface area contributed by atoms with Gasteiger partial charge in [-0.25, -0.2) is 8.78 Å². The molecule has 1 aromatic rings. The van der Waals surface area contributed by atoms with Crippen LogP contribution in [0.4, 0.5) is 22.0 Å². The van der Waals surface area contributed by atoms with E-state index in [0.29, 0.717) is 6.07 Å². The predicted octanol–water partition coefficient (Wildman–Crippen LogP) is 1.87. The fourth-order valence-corrected chi connectivity index (χ4v) is 1.32. The zero-order valence-electron chi connectivity index (χ0n) is 8.84. The van der Waals surface area contributed by atoms with E-state index < -0.39 is 42.9 Å². The van der Waals surface area contributed by atoms with Crippen molar-refractivity contribution < 1.29 is 31.8 Å². The van der Waals surface area contributed by atoms with Gasteiger partial charge in [-0.05, 0) is 0 Å². The van der Waals surface area contributed by atoms with Gasteiger partial charge in [0.1, 0.15) is 5.75 Å². The Labute approximate surface area is 98.2 Å². The Kier molecular flexibility index (Phi) is 4.41. The van der Waals surface area contributed by atoms with E-state index in [9.17, 15) is 22.0 Å². The second-order valence-corrected chi connectivity index (χ2v) is 3.18. The highest BCUT2D eigenvalue weighted by Crippen LogP contribution is 2.35. The minimum atomic E-state index is -5.12. The van der Waals surface area contributed by atoms with Crippen LogP contribution in [-0.2, 0) is 13.2 Å². The Morgan fingerprint density at radius 2 is 2.00 bits per heavy atom. The van der Waals surface area contributed by atoms with E-state index in [0.717, 1.165) is 0 Å². The van der Waals surface area contributed by atoms with E-state index in [1.807, 2.05) is 0 Å². The standard InChI is InChI=1S/C9H9F5N2O2/c10-8(11)7-5(2-15)16-4(3-17)1-6(7)18-9(12,13)14/h1,8,17H,2-3,15H2. The van der Waals surface area contributed by atoms with Gasteiger partial charge in [-0.15, -0.1) is 13.2 Å². The maximum atomic E-state index is 12.7. The first-order valence-corrected chi connectivity index (χ1v) is 4.66. The van der Waals surface area contributed by atoms with Gasteiger partial charge in [-0.3, -0.25) is 4.98 Å². The number of aliphatic hydroxyl groups is 1. The van der Waals surface area contributed by atoms with Gasteiger partial charge >= 0.3 is 6.36 Å². The molecule has 0 unspecified atom stereocenters. The summed E-state index contributed by atoms with van der Waals surface area (Å²) >= 11 is 0. The molecule has 102 valence electrons. The van der Waals surface area contributed by atoms with E-state index in [1.165, 1.54) is 0 Å². The molecule has 1 heterocycles. The molecule has 1 aromatic heterocycles. The molecule has 0 aliphatic heterocycles. The number of pyridine rings is 1. The number of hydrogen-bond acceptors (Lipinski definition) is 4. The summed E-state index contributed by atoms with van der Waals surface area (Å²) in [7, 11) is 0. The second-order valence-electron chi connectivity index (χ2n) is 3.18. The van der Waals surface area contributed by atoms with Crippen molar-refractivity contribution in [2.24, 2.45) is 5.73 Å². The SMILES string of the molecule is NCc1nc(CO)cc(OC(F)(F)F)c1C(F)F. The van der Waals surface area contributed by atoms with Crippen LogP contribution in [0.3, 0.4) is 0 Å². The first-order chi connectivity index (χ1) is 8.28. The molecule has 4 nitrogen and oxygen atoms in total. The first-order valence-electron chi connectivity index (χ1n) is 4.66. The Bertz CT molecular complexity index is 422. The van der Waals surface area contributed by atoms with E-state index >= 15 is 0 Å². The number of alkyl halides is 5. The van der Waals surface area contributed by atoms with Crippen molar-refractivity contribution in [1.29, 1.82) is 0 Å². The van der Waals surface area contributed by atoms with Crippen LogP contribution in [0.15, 0.2) is 6.07 Å². The normalized spacial score (nSPS) is 12.0. The Morgan fingerprint density at radius 3 is 2.39 bits per heavy atom. The van der Waals surface area contributed by atoms with Crippen molar-refractivity contribution in [2.75, 3.05) is 0 Å². The Hall–Kier alpha value is -1.48. The van der Waals surface area contributed by atoms with Crippen LogP contribution in [-0.4, -0.2) is 16.5 Å². The molecular formula is C9H9F5N2O2. The summed E-state index contributed by atoms with van der Waals surface area (Å²) in [5, 5.41) is 8.78. The average molecular weight is 272 g/mol. The first kappa shape index (κ1) is 14.6. The number of rotatable bonds is 4. The van der Waals surface area contributed by atoms with E-state index in [1.54, 1.807) is 0 Å². The molecule has 3 N–H and O–H groups in total. The predicted molar refractivity (Wildman–Crippen MR) is 49.7 cm³/mol. The van der Waals surface area contributed by atoms with Crippen molar-refractivity contribution >= 4 is 0 Å². The molecule has 0 saturated heterocycles. The topological polar surface area (TPSA) is 68.4 Å². The summed E-state index contributed by atoms with van der Waals surface area (Å²) in [6.07, 6.45) is -8.34. The van der Waals surface area contributed by atoms with Crippen molar-refractivity contribution in [3.8, 4) is 5.75 Å². The third kappa shape index (κ3) is 3.50. The second kappa shape index (κ2) is 5.44. The summed E-state index contributed by atoms with van der Waals surface area (Å²) < 4.78 is 65.1. The lowest BCUT2D eigenvalue weighted by atomic mass is 10.1. The molecule has 0 saturated carbocycles. The van der Waals surface area contributed by atoms with Crippen LogP contribution in [0.2, 0.25) is 0 Å². The van der Waals surface area contributed by atoms with Gasteiger partial charge in [0.25, 0.3) is 6.43 Å². The number of hydrogen-bond donors (Lipinski definition) is 2. The molecule has 0 aromatic carbocycles. The van der Waals surface area contributed by atoms with Crippen LogP contribution in [0, 0.1) is 0 Å². The van der Waals surface area contributed by atoms with Crippen molar-refractivity contribution in [3.63, 3.8) is 0 Å². The molecule has 0 amide bonds. The van der Waals surface area contributed by atoms with Gasteiger partial charge in [-0.1, -0.05) is 0 Å². The zero-order valence-corrected chi connectivity index (χ0v) is 8.84. The van der Waals surface area contributed by atoms with Gasteiger partial charge in [0.15, 0.2) is 0 Å². The molecule has 0 bridgehead atoms. The number of aliphatic hydroxyl groups excluding tert-OH is 1. The third-order valence-electron chi connectivity index (χ3n) is 1.95. The van der Waals surface area contributed by atoms with Gasteiger partial charge in [-0.2, -0.15) is 0 Å². The molecule has 18 heavy (non-hydrogen) atoms. The largest absolute Gasteiger partial charge is 0.573 e. The molecule has 0 aliphatic rings. The zero-order chi connectivity index (χ0) is 13.9. The smallest absolute Gasteiger partial charge is 0.405 e. The Balaban J connectivity index is 3.34. The summed E-state index contributed by atoms with van der Waals surface area (Å²) in [6, 6.07) is 0.605. The quantitative estimate of drug-likeness (QED) is 0.821. The lowest BCUT2D eigenvalue weighted by Crippen LogP contribution is -2.20. The molecular weight excluding hydrogens is 263 g/mol. The number of ether oxygens (including phenoxy) is 1. The monoisotopic (exact) mass is 272 g/mol. The molecule has 0 fully saturated rings. The molecule has 0 radical (unpaired) electrons. The van der Waals surface area contributed by atoms with Gasteiger partial charge in [0.05, 0.1) is 23.6 Å². The van der Waals surface area contributed by atoms with Crippen LogP contribution >= 0.6 is 0 Å². The maximum absolute atomic E-state index is 12.7. The highest BCUT2D eigenvalue weighted by atomic mass is 19.4. The van der Waals surface area contributed by atoms with Crippen LogP contribution in [0.1, 0.15) is 23.4 Å². The fraction of sp³-hybridized carbons (Fsp3) is 0.444. The minimum Gasteiger partial charge on any atom is -0.405 e. The molecule has 0 aliphatic carbocycles. The number of halogens is 5. The van der Waals surface area contributed by atoms with Gasteiger partial charge in [0.2, 0.25) is 0 Å². The molecule has 0 atom stereocenters. The van der Waals surface area contributed by atoms with Crippen LogP contribution in [0.25, 0.3) is 0 Å². The summed E-state index contributed by atoms with van der Waals surface area (Å²) in [4.78, 5) is 3.52. The number of aromatic nitrogens is 1. The van der Waals surface area contributed by atoms with E-state index in [2.05, 4.69) is 9.72 Å². The highest BCUT2D eigenvalue weighted by molar-refractivity contribution is 5.39. The lowest BCUT2D eigenvalue weighted by Gasteiger charge is -2.16. The Morgan fingerprint density at radius 1 is 1.39 bits per heavy atom. The maximum Gasteiger partial charge on any atom is 0.573 e. The average Bonchev–Trinajstić information content (AvgIpc) is 2.25. The molecule has 0 spiro atoms. The van der Waals surface area contributed by atoms with E-state index in [4.69, 9.17) is 10.8 Å². The molecule has 1 rings (SSSR count). The van der Waals surface area contributed by atoms with Crippen molar-refractivity contribution in [2.45, 2.75) is 25.9 Å². The van der Waals surface area contributed by atoms with Crippen LogP contribution in [0.5, 0.6) is 5.75 Å². The highest BCUT2D eigenvalue weighted by Gasteiger charge is 2.34. The van der Waals surface area contributed by atoms with Crippen molar-refractivity contribution in [1.82, 2.24) is 4.98 Å². The van der Waals surface area contributed by atoms with Crippen molar-refractivity contribution in [3.05, 3.63) is 23.0 Å². The summed E-state index contributed by atoms with van der Waals surface area (Å²) in [5.74, 6) is -1.10. The molecule has 9 heteroatoms. The van der Waals surface area contributed by atoms with Gasteiger partial charge < -0.3 is 15.6 Å². The number of nitrogens with two attached hydrogens (primary N) is 1. The van der Waals surface area contributed by atoms with E-state index in [-0.39, 0.29) is 5.69 Å². The fourth-order valence-electron chi connectivity index (χ4n) is 1.32. The minimum absolute atomic E-state index is 0.237. The number of nitrogens with zero attached hydrogens (tertiary/aromatic N) is 1. The summed E-state index contributed by atoms with van der Waals surface area (Å²) in [6.45, 7) is -1.22. The van der Waals surface area contributed by atoms with Crippen LogP contribution < -0.4 is 10.5 Å². The summed E-state index contributed by atoms with van der Waals surface area (Å²) in [5.41, 5.74) is 3.42.